The SMILES string of the molecule is CC1=NCCCN=C(C)CC(C)=NCCCN=C(C)C1.O=[N+]([O-])O.[Cu+2]. The Morgan fingerprint density at radius 1 is 0.760 bits per heavy atom. The van der Waals surface area contributed by atoms with Crippen LogP contribution in [0.15, 0.2) is 20.0 Å². The van der Waals surface area contributed by atoms with Crippen LogP contribution in [0.1, 0.15) is 53.4 Å². The van der Waals surface area contributed by atoms with Crippen molar-refractivity contribution in [2.45, 2.75) is 53.4 Å². The van der Waals surface area contributed by atoms with Crippen molar-refractivity contribution in [3.63, 3.8) is 0 Å². The molecule has 0 aromatic carbocycles. The maximum Gasteiger partial charge on any atom is 2.00 e. The first kappa shape index (κ1) is 25.6. The molecule has 1 aliphatic rings. The summed E-state index contributed by atoms with van der Waals surface area (Å²) >= 11 is 0. The van der Waals surface area contributed by atoms with Crippen LogP contribution in [-0.4, -0.2) is 59.3 Å². The van der Waals surface area contributed by atoms with E-state index in [0.29, 0.717) is 0 Å². The summed E-state index contributed by atoms with van der Waals surface area (Å²) < 4.78 is 0. The van der Waals surface area contributed by atoms with E-state index in [-0.39, 0.29) is 17.1 Å². The molecule has 0 fully saturated rings. The molecular formula is C16H29CuN5O3+2. The van der Waals surface area contributed by atoms with Crippen LogP contribution in [0.4, 0.5) is 0 Å². The molecule has 1 N–H and O–H groups in total. The van der Waals surface area contributed by atoms with E-state index >= 15 is 0 Å². The maximum absolute atomic E-state index is 8.36. The van der Waals surface area contributed by atoms with Crippen LogP contribution in [0.2, 0.25) is 0 Å². The Labute approximate surface area is 160 Å². The van der Waals surface area contributed by atoms with Gasteiger partial charge in [0.25, 0.3) is 5.09 Å². The van der Waals surface area contributed by atoms with Gasteiger partial charge in [0.1, 0.15) is 0 Å². The van der Waals surface area contributed by atoms with E-state index in [1.165, 1.54) is 22.8 Å². The molecule has 145 valence electrons. The smallest absolute Gasteiger partial charge is 0.328 e. The van der Waals surface area contributed by atoms with Crippen molar-refractivity contribution in [1.82, 2.24) is 0 Å². The first-order chi connectivity index (χ1) is 11.3. The average molecular weight is 403 g/mol. The minimum Gasteiger partial charge on any atom is -0.328 e. The molecule has 0 aromatic rings. The Morgan fingerprint density at radius 2 is 0.960 bits per heavy atom. The molecule has 0 bridgehead atoms. The largest absolute Gasteiger partial charge is 2.00 e. The average Bonchev–Trinajstić information content (AvgIpc) is 2.44. The first-order valence-electron chi connectivity index (χ1n) is 8.14. The van der Waals surface area contributed by atoms with E-state index in [9.17, 15) is 0 Å². The van der Waals surface area contributed by atoms with Gasteiger partial charge in [0.05, 0.1) is 0 Å². The fourth-order valence-corrected chi connectivity index (χ4v) is 2.19. The fraction of sp³-hybridized carbons (Fsp3) is 0.750. The summed E-state index contributed by atoms with van der Waals surface area (Å²) in [6, 6.07) is 0. The molecule has 25 heavy (non-hydrogen) atoms. The number of aliphatic imine (C=N–C) groups is 4. The van der Waals surface area contributed by atoms with E-state index in [4.69, 9.17) is 15.3 Å². The van der Waals surface area contributed by atoms with Gasteiger partial charge in [-0.25, -0.2) is 0 Å². The minimum atomic E-state index is -1.50. The second-order valence-electron chi connectivity index (χ2n) is 5.77. The molecule has 1 radical (unpaired) electrons. The van der Waals surface area contributed by atoms with Gasteiger partial charge >= 0.3 is 17.1 Å². The Hall–Kier alpha value is -1.60. The predicted molar refractivity (Wildman–Crippen MR) is 99.2 cm³/mol. The molecular weight excluding hydrogens is 374 g/mol. The molecule has 0 amide bonds. The summed E-state index contributed by atoms with van der Waals surface area (Å²) in [6.07, 6.45) is 3.82. The van der Waals surface area contributed by atoms with E-state index in [2.05, 4.69) is 47.7 Å². The second kappa shape index (κ2) is 15.9. The molecule has 0 saturated heterocycles. The summed E-state index contributed by atoms with van der Waals surface area (Å²) in [5.41, 5.74) is 4.70. The summed E-state index contributed by atoms with van der Waals surface area (Å²) in [5, 5.41) is 13.6. The molecule has 1 heterocycles. The van der Waals surface area contributed by atoms with E-state index in [0.717, 1.165) is 51.9 Å². The Balaban J connectivity index is 0. The standard InChI is InChI=1S/C16H28N4.Cu.HNO3/c1-13-11-14(2)18-9-6-10-20-16(4)12-15(3)19-8-5-7-17-13;;2-1(3)4/h5-12H2,1-4H3;;(H,2,3,4)/q;+2;. The number of hydrogen-bond acceptors (Lipinski definition) is 6. The van der Waals surface area contributed by atoms with Crippen LogP contribution >= 0.6 is 0 Å². The third-order valence-electron chi connectivity index (χ3n) is 3.18. The Morgan fingerprint density at radius 3 is 1.16 bits per heavy atom. The van der Waals surface area contributed by atoms with Crippen LogP contribution in [0.5, 0.6) is 0 Å². The molecule has 0 atom stereocenters. The number of hydrogen-bond donors (Lipinski definition) is 1. The predicted octanol–water partition coefficient (Wildman–Crippen LogP) is 3.05. The van der Waals surface area contributed by atoms with Gasteiger partial charge in [0, 0.05) is 61.9 Å². The van der Waals surface area contributed by atoms with Crippen LogP contribution in [-0.2, 0) is 17.1 Å². The Bertz CT molecular complexity index is 436. The van der Waals surface area contributed by atoms with Crippen LogP contribution in [0, 0.1) is 10.1 Å². The maximum atomic E-state index is 8.36. The van der Waals surface area contributed by atoms with E-state index in [1.807, 2.05) is 0 Å². The molecule has 1 rings (SSSR count). The van der Waals surface area contributed by atoms with Gasteiger partial charge < -0.3 is 5.21 Å². The van der Waals surface area contributed by atoms with Crippen molar-refractivity contribution >= 4 is 22.8 Å². The van der Waals surface area contributed by atoms with Crippen LogP contribution < -0.4 is 0 Å². The van der Waals surface area contributed by atoms with Crippen LogP contribution in [0.25, 0.3) is 0 Å². The van der Waals surface area contributed by atoms with Gasteiger partial charge in [0.2, 0.25) is 0 Å². The van der Waals surface area contributed by atoms with Gasteiger partial charge in [-0.1, -0.05) is 0 Å². The first-order valence-corrected chi connectivity index (χ1v) is 8.14. The summed E-state index contributed by atoms with van der Waals surface area (Å²) in [4.78, 5) is 26.7. The van der Waals surface area contributed by atoms with Gasteiger partial charge in [-0.3, -0.25) is 20.0 Å². The minimum absolute atomic E-state index is 0. The van der Waals surface area contributed by atoms with Crippen molar-refractivity contribution in [1.29, 1.82) is 0 Å². The van der Waals surface area contributed by atoms with Gasteiger partial charge in [-0.05, 0) is 40.5 Å². The van der Waals surface area contributed by atoms with Crippen molar-refractivity contribution in [2.75, 3.05) is 26.2 Å². The third-order valence-corrected chi connectivity index (χ3v) is 3.18. The number of rotatable bonds is 0. The van der Waals surface area contributed by atoms with E-state index < -0.39 is 5.09 Å². The van der Waals surface area contributed by atoms with Crippen LogP contribution in [0.3, 0.4) is 0 Å². The third kappa shape index (κ3) is 18.6. The van der Waals surface area contributed by atoms with Gasteiger partial charge in [0.15, 0.2) is 0 Å². The number of nitrogens with zero attached hydrogens (tertiary/aromatic N) is 5. The monoisotopic (exact) mass is 402 g/mol. The van der Waals surface area contributed by atoms with Crippen molar-refractivity contribution < 1.29 is 27.4 Å². The van der Waals surface area contributed by atoms with Gasteiger partial charge in [-0.15, -0.1) is 10.1 Å². The van der Waals surface area contributed by atoms with Crippen molar-refractivity contribution in [3.05, 3.63) is 10.1 Å². The summed E-state index contributed by atoms with van der Waals surface area (Å²) in [7, 11) is 0. The quantitative estimate of drug-likeness (QED) is 0.381. The molecule has 8 nitrogen and oxygen atoms in total. The second-order valence-corrected chi connectivity index (χ2v) is 5.77. The zero-order valence-corrected chi connectivity index (χ0v) is 16.4. The van der Waals surface area contributed by atoms with Crippen molar-refractivity contribution in [3.8, 4) is 0 Å². The molecule has 9 heteroatoms. The normalized spacial score (nSPS) is 17.4. The fourth-order valence-electron chi connectivity index (χ4n) is 2.19. The van der Waals surface area contributed by atoms with Gasteiger partial charge in [-0.2, -0.15) is 0 Å². The molecule has 0 unspecified atom stereocenters. The summed E-state index contributed by atoms with van der Waals surface area (Å²) in [5.74, 6) is 0. The Kier molecular flexibility index (Phi) is 16.3. The molecule has 0 aromatic heterocycles. The van der Waals surface area contributed by atoms with E-state index in [1.54, 1.807) is 0 Å². The zero-order chi connectivity index (χ0) is 18.4. The molecule has 0 saturated carbocycles. The molecule has 0 spiro atoms. The molecule has 1 aliphatic heterocycles. The topological polar surface area (TPSA) is 113 Å². The van der Waals surface area contributed by atoms with Crippen molar-refractivity contribution in [2.24, 2.45) is 20.0 Å². The summed E-state index contributed by atoms with van der Waals surface area (Å²) in [6.45, 7) is 11.8. The molecule has 0 aliphatic carbocycles. The zero-order valence-electron chi connectivity index (χ0n) is 15.5.